The topological polar surface area (TPSA) is 46.1 Å². The van der Waals surface area contributed by atoms with Crippen molar-refractivity contribution in [3.8, 4) is 0 Å². The maximum Gasteiger partial charge on any atom is 0.264 e. The minimum Gasteiger partial charge on any atom is -0.328 e. The standard InChI is InChI=1S/C18H21N3OS/c1-2-17-19-9-13-10-21(11-14(13)20-17)18(22)16-8-12-6-4-3-5-7-15(12)23-16/h8-9H,2-7,10-11H2,1H3. The van der Waals surface area contributed by atoms with Gasteiger partial charge in [-0.2, -0.15) is 0 Å². The molecule has 2 aromatic rings. The molecule has 0 spiro atoms. The van der Waals surface area contributed by atoms with Gasteiger partial charge in [0, 0.05) is 29.6 Å². The Morgan fingerprint density at radius 2 is 2.09 bits per heavy atom. The third-order valence-electron chi connectivity index (χ3n) is 4.77. The normalized spacial score (nSPS) is 16.8. The number of aryl methyl sites for hydroxylation is 3. The molecule has 5 heteroatoms. The van der Waals surface area contributed by atoms with E-state index < -0.39 is 0 Å². The van der Waals surface area contributed by atoms with Crippen LogP contribution in [-0.2, 0) is 32.4 Å². The third kappa shape index (κ3) is 2.78. The van der Waals surface area contributed by atoms with Crippen LogP contribution in [0.5, 0.6) is 0 Å². The van der Waals surface area contributed by atoms with Crippen LogP contribution in [0.15, 0.2) is 12.3 Å². The number of nitrogens with zero attached hydrogens (tertiary/aromatic N) is 3. The van der Waals surface area contributed by atoms with Crippen LogP contribution in [0.1, 0.15) is 63.4 Å². The first-order valence-corrected chi connectivity index (χ1v) is 9.30. The zero-order valence-electron chi connectivity index (χ0n) is 13.5. The van der Waals surface area contributed by atoms with Crippen molar-refractivity contribution < 1.29 is 4.79 Å². The molecule has 0 saturated carbocycles. The second kappa shape index (κ2) is 6.04. The number of fused-ring (bicyclic) bond motifs is 2. The van der Waals surface area contributed by atoms with E-state index in [-0.39, 0.29) is 5.91 Å². The molecule has 0 N–H and O–H groups in total. The summed E-state index contributed by atoms with van der Waals surface area (Å²) >= 11 is 1.70. The third-order valence-corrected chi connectivity index (χ3v) is 5.99. The van der Waals surface area contributed by atoms with Crippen LogP contribution in [0.4, 0.5) is 0 Å². The summed E-state index contributed by atoms with van der Waals surface area (Å²) in [4.78, 5) is 26.0. The van der Waals surface area contributed by atoms with E-state index in [0.717, 1.165) is 41.2 Å². The molecule has 2 aliphatic rings. The maximum atomic E-state index is 12.9. The molecule has 120 valence electrons. The van der Waals surface area contributed by atoms with Gasteiger partial charge in [0.25, 0.3) is 5.91 Å². The van der Waals surface area contributed by atoms with E-state index >= 15 is 0 Å². The van der Waals surface area contributed by atoms with E-state index in [1.54, 1.807) is 11.3 Å². The number of rotatable bonds is 2. The summed E-state index contributed by atoms with van der Waals surface area (Å²) in [6.45, 7) is 3.31. The Morgan fingerprint density at radius 1 is 1.22 bits per heavy atom. The van der Waals surface area contributed by atoms with Crippen molar-refractivity contribution in [2.75, 3.05) is 0 Å². The van der Waals surface area contributed by atoms with E-state index in [1.807, 2.05) is 11.1 Å². The fourth-order valence-electron chi connectivity index (χ4n) is 3.44. The minimum atomic E-state index is 0.152. The molecule has 3 heterocycles. The molecule has 0 fully saturated rings. The van der Waals surface area contributed by atoms with Gasteiger partial charge in [0.05, 0.1) is 17.1 Å². The predicted octanol–water partition coefficient (Wildman–Crippen LogP) is 3.53. The van der Waals surface area contributed by atoms with E-state index in [0.29, 0.717) is 13.1 Å². The Morgan fingerprint density at radius 3 is 2.96 bits per heavy atom. The highest BCUT2D eigenvalue weighted by molar-refractivity contribution is 7.14. The van der Waals surface area contributed by atoms with Crippen molar-refractivity contribution in [2.45, 2.75) is 58.5 Å². The highest BCUT2D eigenvalue weighted by Crippen LogP contribution is 2.31. The van der Waals surface area contributed by atoms with Crippen molar-refractivity contribution in [1.29, 1.82) is 0 Å². The lowest BCUT2D eigenvalue weighted by Crippen LogP contribution is -2.24. The van der Waals surface area contributed by atoms with E-state index in [9.17, 15) is 4.79 Å². The van der Waals surface area contributed by atoms with Gasteiger partial charge in [-0.25, -0.2) is 9.97 Å². The van der Waals surface area contributed by atoms with Crippen LogP contribution < -0.4 is 0 Å². The van der Waals surface area contributed by atoms with Crippen LogP contribution >= 0.6 is 11.3 Å². The van der Waals surface area contributed by atoms with Crippen LogP contribution in [0.3, 0.4) is 0 Å². The first-order chi connectivity index (χ1) is 11.2. The highest BCUT2D eigenvalue weighted by atomic mass is 32.1. The van der Waals surface area contributed by atoms with Gasteiger partial charge in [-0.3, -0.25) is 4.79 Å². The molecular weight excluding hydrogens is 306 g/mol. The van der Waals surface area contributed by atoms with Gasteiger partial charge < -0.3 is 4.90 Å². The van der Waals surface area contributed by atoms with Crippen molar-refractivity contribution in [1.82, 2.24) is 14.9 Å². The van der Waals surface area contributed by atoms with Gasteiger partial charge in [0.15, 0.2) is 0 Å². The minimum absolute atomic E-state index is 0.152. The molecule has 0 bridgehead atoms. The van der Waals surface area contributed by atoms with Crippen LogP contribution in [0.2, 0.25) is 0 Å². The number of carbonyl (C=O) groups is 1. The monoisotopic (exact) mass is 327 g/mol. The lowest BCUT2D eigenvalue weighted by atomic mass is 10.1. The predicted molar refractivity (Wildman–Crippen MR) is 90.6 cm³/mol. The van der Waals surface area contributed by atoms with Crippen LogP contribution in [-0.4, -0.2) is 20.8 Å². The number of hydrogen-bond donors (Lipinski definition) is 0. The molecule has 1 amide bonds. The quantitative estimate of drug-likeness (QED) is 0.793. The Bertz CT molecular complexity index is 729. The molecule has 0 aromatic carbocycles. The molecule has 23 heavy (non-hydrogen) atoms. The van der Waals surface area contributed by atoms with Gasteiger partial charge in [-0.05, 0) is 37.3 Å². The largest absolute Gasteiger partial charge is 0.328 e. The fraction of sp³-hybridized carbons (Fsp3) is 0.500. The Balaban J connectivity index is 1.54. The summed E-state index contributed by atoms with van der Waals surface area (Å²) in [5.74, 6) is 1.01. The number of hydrogen-bond acceptors (Lipinski definition) is 4. The fourth-order valence-corrected chi connectivity index (χ4v) is 4.66. The van der Waals surface area contributed by atoms with Gasteiger partial charge in [-0.1, -0.05) is 13.3 Å². The molecule has 0 saturated heterocycles. The summed E-state index contributed by atoms with van der Waals surface area (Å²) in [6, 6.07) is 2.14. The highest BCUT2D eigenvalue weighted by Gasteiger charge is 2.27. The molecule has 1 aliphatic carbocycles. The second-order valence-electron chi connectivity index (χ2n) is 6.39. The molecule has 0 atom stereocenters. The number of aromatic nitrogens is 2. The zero-order chi connectivity index (χ0) is 15.8. The van der Waals surface area contributed by atoms with E-state index in [2.05, 4.69) is 23.0 Å². The van der Waals surface area contributed by atoms with Gasteiger partial charge in [-0.15, -0.1) is 11.3 Å². The van der Waals surface area contributed by atoms with E-state index in [1.165, 1.54) is 29.7 Å². The first-order valence-electron chi connectivity index (χ1n) is 8.49. The average Bonchev–Trinajstić information content (AvgIpc) is 3.11. The van der Waals surface area contributed by atoms with Gasteiger partial charge >= 0.3 is 0 Å². The zero-order valence-corrected chi connectivity index (χ0v) is 14.3. The molecule has 0 radical (unpaired) electrons. The second-order valence-corrected chi connectivity index (χ2v) is 7.53. The Hall–Kier alpha value is -1.75. The van der Waals surface area contributed by atoms with Crippen LogP contribution in [0.25, 0.3) is 0 Å². The molecule has 2 aromatic heterocycles. The van der Waals surface area contributed by atoms with Crippen molar-refractivity contribution >= 4 is 17.2 Å². The average molecular weight is 327 g/mol. The van der Waals surface area contributed by atoms with Gasteiger partial charge in [0.2, 0.25) is 0 Å². The lowest BCUT2D eigenvalue weighted by Gasteiger charge is -2.13. The number of thiophene rings is 1. The maximum absolute atomic E-state index is 12.9. The van der Waals surface area contributed by atoms with E-state index in [4.69, 9.17) is 0 Å². The molecule has 1 aliphatic heterocycles. The molecular formula is C18H21N3OS. The van der Waals surface area contributed by atoms with Crippen LogP contribution in [0, 0.1) is 0 Å². The van der Waals surface area contributed by atoms with Crippen molar-refractivity contribution in [3.63, 3.8) is 0 Å². The van der Waals surface area contributed by atoms with Crippen molar-refractivity contribution in [3.05, 3.63) is 44.7 Å². The summed E-state index contributed by atoms with van der Waals surface area (Å²) in [5, 5.41) is 0. The molecule has 4 nitrogen and oxygen atoms in total. The van der Waals surface area contributed by atoms with Gasteiger partial charge in [0.1, 0.15) is 5.82 Å². The lowest BCUT2D eigenvalue weighted by molar-refractivity contribution is 0.0755. The number of carbonyl (C=O) groups excluding carboxylic acids is 1. The summed E-state index contributed by atoms with van der Waals surface area (Å²) in [7, 11) is 0. The Kier molecular flexibility index (Phi) is 3.89. The molecule has 4 rings (SSSR count). The first kappa shape index (κ1) is 14.8. The summed E-state index contributed by atoms with van der Waals surface area (Å²) in [6.07, 6.45) is 8.80. The Labute approximate surface area is 140 Å². The van der Waals surface area contributed by atoms with Crippen molar-refractivity contribution in [2.24, 2.45) is 0 Å². The summed E-state index contributed by atoms with van der Waals surface area (Å²) in [5.41, 5.74) is 3.51. The number of amides is 1. The SMILES string of the molecule is CCc1ncc2c(n1)CN(C(=O)c1cc3c(s1)CCCCC3)C2. The molecule has 0 unspecified atom stereocenters. The smallest absolute Gasteiger partial charge is 0.264 e. The summed E-state index contributed by atoms with van der Waals surface area (Å²) < 4.78 is 0.